The Kier molecular flexibility index (Phi) is 5.40. The number of amides is 2. The van der Waals surface area contributed by atoms with Crippen LogP contribution in [0.4, 0.5) is 4.79 Å². The molecule has 1 atom stereocenters. The Labute approximate surface area is 107 Å². The van der Waals surface area contributed by atoms with Crippen LogP contribution < -0.4 is 5.32 Å². The topological polar surface area (TPSA) is 89.9 Å². The van der Waals surface area contributed by atoms with Gasteiger partial charge in [-0.2, -0.15) is 0 Å². The van der Waals surface area contributed by atoms with Crippen LogP contribution in [-0.4, -0.2) is 52.9 Å². The molecule has 6 heteroatoms. The van der Waals surface area contributed by atoms with Gasteiger partial charge in [0.25, 0.3) is 0 Å². The molecule has 0 saturated carbocycles. The fraction of sp³-hybridized carbons (Fsp3) is 0.833. The van der Waals surface area contributed by atoms with Crippen LogP contribution in [0.3, 0.4) is 0 Å². The molecular weight excluding hydrogens is 236 g/mol. The number of nitrogens with one attached hydrogen (secondary N) is 1. The summed E-state index contributed by atoms with van der Waals surface area (Å²) in [5, 5.41) is 21.0. The highest BCUT2D eigenvalue weighted by Crippen LogP contribution is 2.12. The van der Waals surface area contributed by atoms with Crippen molar-refractivity contribution >= 4 is 12.0 Å². The van der Waals surface area contributed by atoms with Gasteiger partial charge in [-0.25, -0.2) is 4.79 Å². The van der Waals surface area contributed by atoms with Crippen LogP contribution in [0.15, 0.2) is 0 Å². The third kappa shape index (κ3) is 4.18. The van der Waals surface area contributed by atoms with Crippen molar-refractivity contribution in [1.82, 2.24) is 10.2 Å². The van der Waals surface area contributed by atoms with Crippen molar-refractivity contribution < 1.29 is 19.8 Å². The Hall–Kier alpha value is -1.30. The van der Waals surface area contributed by atoms with Crippen LogP contribution in [0, 0.1) is 11.8 Å². The van der Waals surface area contributed by atoms with E-state index in [0.717, 1.165) is 0 Å². The average molecular weight is 258 g/mol. The first-order valence-electron chi connectivity index (χ1n) is 6.35. The highest BCUT2D eigenvalue weighted by Gasteiger charge is 2.25. The zero-order valence-electron chi connectivity index (χ0n) is 10.9. The molecular formula is C12H22N2O4. The number of aliphatic hydroxyl groups excluding tert-OH is 1. The maximum Gasteiger partial charge on any atom is 0.317 e. The average Bonchev–Trinajstić information content (AvgIpc) is 2.28. The summed E-state index contributed by atoms with van der Waals surface area (Å²) in [6.07, 6.45) is 0.844. The Morgan fingerprint density at radius 2 is 1.89 bits per heavy atom. The second-order valence-electron chi connectivity index (χ2n) is 5.09. The van der Waals surface area contributed by atoms with E-state index in [1.165, 1.54) is 0 Å². The molecule has 0 aliphatic carbocycles. The minimum Gasteiger partial charge on any atom is -0.481 e. The highest BCUT2D eigenvalue weighted by atomic mass is 16.4. The minimum atomic E-state index is -0.889. The second kappa shape index (κ2) is 6.58. The van der Waals surface area contributed by atoms with E-state index in [0.29, 0.717) is 25.9 Å². The number of carbonyl (C=O) groups excluding carboxylic acids is 1. The van der Waals surface area contributed by atoms with Gasteiger partial charge in [0.05, 0.1) is 12.0 Å². The quantitative estimate of drug-likeness (QED) is 0.685. The van der Waals surface area contributed by atoms with Gasteiger partial charge in [-0.15, -0.1) is 0 Å². The maximum atomic E-state index is 11.8. The molecule has 3 N–H and O–H groups in total. The van der Waals surface area contributed by atoms with Crippen LogP contribution in [0.5, 0.6) is 0 Å². The molecule has 0 bridgehead atoms. The van der Waals surface area contributed by atoms with Crippen molar-refractivity contribution in [3.05, 3.63) is 0 Å². The number of nitrogens with zero attached hydrogens (tertiary/aromatic N) is 1. The summed E-state index contributed by atoms with van der Waals surface area (Å²) >= 11 is 0. The molecule has 1 aliphatic heterocycles. The van der Waals surface area contributed by atoms with Gasteiger partial charge in [0.1, 0.15) is 0 Å². The fourth-order valence-corrected chi connectivity index (χ4v) is 1.99. The molecule has 0 radical (unpaired) electrons. The summed E-state index contributed by atoms with van der Waals surface area (Å²) < 4.78 is 0. The Bertz CT molecular complexity index is 298. The molecule has 0 spiro atoms. The maximum absolute atomic E-state index is 11.8. The molecule has 6 nitrogen and oxygen atoms in total. The van der Waals surface area contributed by atoms with Gasteiger partial charge in [-0.3, -0.25) is 4.79 Å². The molecule has 0 aromatic rings. The van der Waals surface area contributed by atoms with Gasteiger partial charge in [0.15, 0.2) is 0 Å². The number of hydrogen-bond donors (Lipinski definition) is 3. The first-order valence-corrected chi connectivity index (χ1v) is 6.35. The standard InChI is InChI=1S/C12H22N2O4/c1-8(2)10(11(16)17)7-13-12(18)14-5-3-9(15)4-6-14/h8-10,15H,3-7H2,1-2H3,(H,13,18)(H,16,17). The van der Waals surface area contributed by atoms with Gasteiger partial charge >= 0.3 is 12.0 Å². The lowest BCUT2D eigenvalue weighted by atomic mass is 9.96. The number of aliphatic carboxylic acids is 1. The van der Waals surface area contributed by atoms with E-state index in [1.54, 1.807) is 4.90 Å². The summed E-state index contributed by atoms with van der Waals surface area (Å²) in [6, 6.07) is -0.242. The number of carboxylic acids is 1. The molecule has 18 heavy (non-hydrogen) atoms. The van der Waals surface area contributed by atoms with Gasteiger partial charge in [0.2, 0.25) is 0 Å². The Morgan fingerprint density at radius 3 is 2.33 bits per heavy atom. The third-order valence-electron chi connectivity index (χ3n) is 3.35. The molecule has 104 valence electrons. The predicted octanol–water partition coefficient (Wildman–Crippen LogP) is 0.509. The molecule has 0 aromatic heterocycles. The number of urea groups is 1. The SMILES string of the molecule is CC(C)C(CNC(=O)N1CCC(O)CC1)C(=O)O. The van der Waals surface area contributed by atoms with E-state index < -0.39 is 11.9 Å². The molecule has 1 saturated heterocycles. The normalized spacial score (nSPS) is 18.8. The first-order chi connectivity index (χ1) is 8.41. The van der Waals surface area contributed by atoms with Crippen molar-refractivity contribution in [1.29, 1.82) is 0 Å². The van der Waals surface area contributed by atoms with Crippen molar-refractivity contribution in [2.75, 3.05) is 19.6 Å². The van der Waals surface area contributed by atoms with Crippen molar-refractivity contribution in [2.24, 2.45) is 11.8 Å². The van der Waals surface area contributed by atoms with E-state index in [9.17, 15) is 14.7 Å². The zero-order valence-corrected chi connectivity index (χ0v) is 10.9. The summed E-state index contributed by atoms with van der Waals surface area (Å²) in [6.45, 7) is 4.83. The number of rotatable bonds is 4. The Morgan fingerprint density at radius 1 is 1.33 bits per heavy atom. The van der Waals surface area contributed by atoms with Gasteiger partial charge in [0, 0.05) is 19.6 Å². The van der Waals surface area contributed by atoms with Crippen LogP contribution in [-0.2, 0) is 4.79 Å². The van der Waals surface area contributed by atoms with E-state index in [2.05, 4.69) is 5.32 Å². The van der Waals surface area contributed by atoms with Crippen LogP contribution >= 0.6 is 0 Å². The molecule has 1 rings (SSSR count). The number of carboxylic acid groups (broad SMARTS) is 1. The lowest BCUT2D eigenvalue weighted by Crippen LogP contribution is -2.47. The van der Waals surface area contributed by atoms with Crippen molar-refractivity contribution in [2.45, 2.75) is 32.8 Å². The number of piperidine rings is 1. The smallest absolute Gasteiger partial charge is 0.317 e. The number of carbonyl (C=O) groups is 2. The molecule has 1 heterocycles. The highest BCUT2D eigenvalue weighted by molar-refractivity contribution is 5.76. The number of likely N-dealkylation sites (tertiary alicyclic amines) is 1. The van der Waals surface area contributed by atoms with E-state index in [1.807, 2.05) is 13.8 Å². The van der Waals surface area contributed by atoms with Crippen molar-refractivity contribution in [3.8, 4) is 0 Å². The first kappa shape index (κ1) is 14.8. The predicted molar refractivity (Wildman–Crippen MR) is 66.2 cm³/mol. The van der Waals surface area contributed by atoms with Gasteiger partial charge in [-0.1, -0.05) is 13.8 Å². The van der Waals surface area contributed by atoms with Crippen molar-refractivity contribution in [3.63, 3.8) is 0 Å². The van der Waals surface area contributed by atoms with Gasteiger partial charge < -0.3 is 20.4 Å². The van der Waals surface area contributed by atoms with E-state index in [4.69, 9.17) is 5.11 Å². The summed E-state index contributed by atoms with van der Waals surface area (Å²) in [4.78, 5) is 24.4. The molecule has 2 amide bonds. The third-order valence-corrected chi connectivity index (χ3v) is 3.35. The Balaban J connectivity index is 2.38. The lowest BCUT2D eigenvalue weighted by molar-refractivity contribution is -0.142. The largest absolute Gasteiger partial charge is 0.481 e. The zero-order chi connectivity index (χ0) is 13.7. The molecule has 1 unspecified atom stereocenters. The van der Waals surface area contributed by atoms with Crippen LogP contribution in [0.25, 0.3) is 0 Å². The fourth-order valence-electron chi connectivity index (χ4n) is 1.99. The number of hydrogen-bond acceptors (Lipinski definition) is 3. The molecule has 1 fully saturated rings. The monoisotopic (exact) mass is 258 g/mol. The second-order valence-corrected chi connectivity index (χ2v) is 5.09. The summed E-state index contributed by atoms with van der Waals surface area (Å²) in [7, 11) is 0. The minimum absolute atomic E-state index is 0.0222. The lowest BCUT2D eigenvalue weighted by Gasteiger charge is -2.30. The molecule has 0 aromatic carbocycles. The van der Waals surface area contributed by atoms with Crippen LogP contribution in [0.1, 0.15) is 26.7 Å². The molecule has 1 aliphatic rings. The van der Waals surface area contributed by atoms with Gasteiger partial charge in [-0.05, 0) is 18.8 Å². The van der Waals surface area contributed by atoms with E-state index >= 15 is 0 Å². The summed E-state index contributed by atoms with van der Waals surface area (Å²) in [5.41, 5.74) is 0. The van der Waals surface area contributed by atoms with Crippen LogP contribution in [0.2, 0.25) is 0 Å². The number of aliphatic hydroxyl groups is 1. The van der Waals surface area contributed by atoms with E-state index in [-0.39, 0.29) is 24.6 Å². The summed E-state index contributed by atoms with van der Waals surface area (Å²) in [5.74, 6) is -1.48.